The van der Waals surface area contributed by atoms with Crippen LogP contribution in [-0.4, -0.2) is 15.0 Å². The predicted octanol–water partition coefficient (Wildman–Crippen LogP) is 12.4. The zero-order chi connectivity index (χ0) is 33.7. The van der Waals surface area contributed by atoms with Gasteiger partial charge < -0.3 is 4.42 Å². The summed E-state index contributed by atoms with van der Waals surface area (Å²) in [5.41, 5.74) is 11.8. The van der Waals surface area contributed by atoms with Gasteiger partial charge in [-0.1, -0.05) is 152 Å². The summed E-state index contributed by atoms with van der Waals surface area (Å²) in [6, 6.07) is 60.7. The highest BCUT2D eigenvalue weighted by atomic mass is 16.3. The molecule has 0 aliphatic rings. The van der Waals surface area contributed by atoms with Crippen molar-refractivity contribution in [2.75, 3.05) is 0 Å². The van der Waals surface area contributed by atoms with Crippen LogP contribution in [0.15, 0.2) is 180 Å². The summed E-state index contributed by atoms with van der Waals surface area (Å²) in [5.74, 6) is 0.672. The Labute approximate surface area is 294 Å². The van der Waals surface area contributed by atoms with Crippen LogP contribution < -0.4 is 0 Å². The molecule has 0 N–H and O–H groups in total. The molecule has 0 spiro atoms. The zero-order valence-corrected chi connectivity index (χ0v) is 27.5. The third kappa shape index (κ3) is 5.04. The van der Waals surface area contributed by atoms with Crippen molar-refractivity contribution in [1.29, 1.82) is 0 Å². The molecule has 0 amide bonds. The second kappa shape index (κ2) is 11.9. The largest absolute Gasteiger partial charge is 0.455 e. The van der Waals surface area contributed by atoms with Crippen molar-refractivity contribution in [3.63, 3.8) is 0 Å². The first-order chi connectivity index (χ1) is 25.3. The van der Waals surface area contributed by atoms with Gasteiger partial charge in [0.05, 0.1) is 22.6 Å². The molecule has 0 bridgehead atoms. The van der Waals surface area contributed by atoms with Gasteiger partial charge in [0.2, 0.25) is 0 Å². The van der Waals surface area contributed by atoms with E-state index in [1.54, 1.807) is 0 Å². The number of hydrogen-bond donors (Lipinski definition) is 0. The van der Waals surface area contributed by atoms with E-state index < -0.39 is 0 Å². The van der Waals surface area contributed by atoms with E-state index in [9.17, 15) is 0 Å². The van der Waals surface area contributed by atoms with Crippen LogP contribution >= 0.6 is 0 Å². The van der Waals surface area contributed by atoms with Gasteiger partial charge in [-0.25, -0.2) is 15.0 Å². The summed E-state index contributed by atoms with van der Waals surface area (Å²) >= 11 is 0. The maximum absolute atomic E-state index is 6.52. The number of aromatic nitrogens is 3. The number of benzene rings is 7. The van der Waals surface area contributed by atoms with E-state index in [1.807, 2.05) is 42.5 Å². The third-order valence-corrected chi connectivity index (χ3v) is 9.71. The van der Waals surface area contributed by atoms with Gasteiger partial charge in [0, 0.05) is 49.2 Å². The number of furan rings is 1. The first-order valence-electron chi connectivity index (χ1n) is 17.1. The molecule has 51 heavy (non-hydrogen) atoms. The smallest absolute Gasteiger partial charge is 0.160 e. The number of fused-ring (bicyclic) bond motifs is 7. The normalized spacial score (nSPS) is 11.5. The molecule has 0 aliphatic heterocycles. The van der Waals surface area contributed by atoms with Gasteiger partial charge in [-0.05, 0) is 35.4 Å². The van der Waals surface area contributed by atoms with Gasteiger partial charge in [-0.15, -0.1) is 0 Å². The molecule has 0 saturated heterocycles. The Bertz CT molecular complexity index is 2880. The van der Waals surface area contributed by atoms with Crippen molar-refractivity contribution < 1.29 is 4.42 Å². The van der Waals surface area contributed by atoms with Crippen LogP contribution in [0.4, 0.5) is 0 Å². The molecule has 0 saturated carbocycles. The number of rotatable bonds is 5. The van der Waals surface area contributed by atoms with Crippen molar-refractivity contribution in [2.24, 2.45) is 0 Å². The topological polar surface area (TPSA) is 51.8 Å². The number of nitrogens with zero attached hydrogens (tertiary/aromatic N) is 3. The lowest BCUT2D eigenvalue weighted by Crippen LogP contribution is -1.96. The van der Waals surface area contributed by atoms with E-state index >= 15 is 0 Å². The minimum absolute atomic E-state index is 0.672. The summed E-state index contributed by atoms with van der Waals surface area (Å²) < 4.78 is 6.52. The van der Waals surface area contributed by atoms with Crippen molar-refractivity contribution in [3.05, 3.63) is 176 Å². The van der Waals surface area contributed by atoms with Crippen LogP contribution in [0.25, 0.3) is 99.9 Å². The summed E-state index contributed by atoms with van der Waals surface area (Å²) in [7, 11) is 0. The molecule has 10 rings (SSSR count). The fourth-order valence-electron chi connectivity index (χ4n) is 7.16. The Morgan fingerprint density at radius 2 is 0.882 bits per heavy atom. The maximum Gasteiger partial charge on any atom is 0.160 e. The fourth-order valence-corrected chi connectivity index (χ4v) is 7.16. The van der Waals surface area contributed by atoms with Crippen LogP contribution in [0.2, 0.25) is 0 Å². The van der Waals surface area contributed by atoms with Crippen molar-refractivity contribution >= 4 is 43.6 Å². The van der Waals surface area contributed by atoms with Crippen molar-refractivity contribution in [3.8, 4) is 56.3 Å². The third-order valence-electron chi connectivity index (χ3n) is 9.71. The van der Waals surface area contributed by atoms with Crippen molar-refractivity contribution in [1.82, 2.24) is 15.0 Å². The Hall–Kier alpha value is -6.91. The Morgan fingerprint density at radius 3 is 1.63 bits per heavy atom. The minimum Gasteiger partial charge on any atom is -0.455 e. The molecular formula is C47H29N3O. The number of para-hydroxylation sites is 2. The molecular weight excluding hydrogens is 623 g/mol. The van der Waals surface area contributed by atoms with E-state index in [1.165, 1.54) is 11.1 Å². The van der Waals surface area contributed by atoms with Gasteiger partial charge in [0.25, 0.3) is 0 Å². The predicted molar refractivity (Wildman–Crippen MR) is 209 cm³/mol. The first-order valence-corrected chi connectivity index (χ1v) is 17.1. The molecule has 0 atom stereocenters. The van der Waals surface area contributed by atoms with Crippen LogP contribution in [-0.2, 0) is 0 Å². The zero-order valence-electron chi connectivity index (χ0n) is 27.5. The van der Waals surface area contributed by atoms with Gasteiger partial charge >= 0.3 is 0 Å². The highest BCUT2D eigenvalue weighted by molar-refractivity contribution is 6.24. The quantitative estimate of drug-likeness (QED) is 0.174. The van der Waals surface area contributed by atoms with E-state index in [-0.39, 0.29) is 0 Å². The van der Waals surface area contributed by atoms with E-state index in [0.29, 0.717) is 5.82 Å². The highest BCUT2D eigenvalue weighted by Gasteiger charge is 2.18. The second-order valence-corrected chi connectivity index (χ2v) is 12.8. The lowest BCUT2D eigenvalue weighted by molar-refractivity contribution is 0.673. The second-order valence-electron chi connectivity index (χ2n) is 12.8. The van der Waals surface area contributed by atoms with Crippen molar-refractivity contribution in [2.45, 2.75) is 0 Å². The summed E-state index contributed by atoms with van der Waals surface area (Å²) in [5, 5.41) is 5.43. The van der Waals surface area contributed by atoms with Gasteiger partial charge in [-0.3, -0.25) is 0 Å². The Morgan fingerprint density at radius 1 is 0.353 bits per heavy atom. The van der Waals surface area contributed by atoms with Crippen LogP contribution in [0.3, 0.4) is 0 Å². The standard InChI is InChI=1S/C47H29N3O/c1-3-11-30(12-4-1)31-19-21-33(22-20-31)42-29-41(32-13-5-2-6-14-32)49-47(50-42)35-25-23-34(24-26-35)45-39-28-27-37-36-15-8-10-18-43(36)51-46(37)44(39)38-16-7-9-17-40(38)48-45/h1-29H. The van der Waals surface area contributed by atoms with Gasteiger partial charge in [0.1, 0.15) is 11.2 Å². The Balaban J connectivity index is 1.09. The van der Waals surface area contributed by atoms with Crippen LogP contribution in [0, 0.1) is 0 Å². The monoisotopic (exact) mass is 651 g/mol. The molecule has 4 nitrogen and oxygen atoms in total. The van der Waals surface area contributed by atoms with E-state index in [2.05, 4.69) is 133 Å². The highest BCUT2D eigenvalue weighted by Crippen LogP contribution is 2.41. The molecule has 3 aromatic heterocycles. The number of hydrogen-bond acceptors (Lipinski definition) is 4. The van der Waals surface area contributed by atoms with Crippen LogP contribution in [0.5, 0.6) is 0 Å². The SMILES string of the molecule is c1ccc(-c2ccc(-c3cc(-c4ccccc4)nc(-c4ccc(-c5nc6ccccc6c6c5ccc5c7ccccc7oc56)cc4)n3)cc2)cc1. The van der Waals surface area contributed by atoms with E-state index in [0.717, 1.165) is 82.9 Å². The molecule has 4 heteroatoms. The molecule has 0 fully saturated rings. The fraction of sp³-hybridized carbons (Fsp3) is 0. The average Bonchev–Trinajstić information content (AvgIpc) is 3.60. The number of pyridine rings is 1. The first kappa shape index (κ1) is 29.0. The van der Waals surface area contributed by atoms with E-state index in [4.69, 9.17) is 19.4 Å². The summed E-state index contributed by atoms with van der Waals surface area (Å²) in [6.07, 6.45) is 0. The van der Waals surface area contributed by atoms with Gasteiger partial charge in [0.15, 0.2) is 5.82 Å². The molecule has 0 unspecified atom stereocenters. The summed E-state index contributed by atoms with van der Waals surface area (Å²) in [6.45, 7) is 0. The molecule has 7 aromatic carbocycles. The van der Waals surface area contributed by atoms with Gasteiger partial charge in [-0.2, -0.15) is 0 Å². The lowest BCUT2D eigenvalue weighted by atomic mass is 9.97. The average molecular weight is 652 g/mol. The minimum atomic E-state index is 0.672. The maximum atomic E-state index is 6.52. The molecule has 238 valence electrons. The molecule has 3 heterocycles. The van der Waals surface area contributed by atoms with Crippen LogP contribution in [0.1, 0.15) is 0 Å². The Kier molecular flexibility index (Phi) is 6.78. The molecule has 10 aromatic rings. The summed E-state index contributed by atoms with van der Waals surface area (Å²) in [4.78, 5) is 15.4. The molecule has 0 radical (unpaired) electrons. The molecule has 0 aliphatic carbocycles. The lowest BCUT2D eigenvalue weighted by Gasteiger charge is -2.12.